The quantitative estimate of drug-likeness (QED) is 0.831. The zero-order valence-electron chi connectivity index (χ0n) is 11.7. The van der Waals surface area contributed by atoms with Gasteiger partial charge in [-0.2, -0.15) is 0 Å². The number of aromatic nitrogens is 1. The van der Waals surface area contributed by atoms with Crippen molar-refractivity contribution < 1.29 is 9.53 Å². The highest BCUT2D eigenvalue weighted by Gasteiger charge is 2.15. The van der Waals surface area contributed by atoms with Crippen molar-refractivity contribution >= 4 is 17.0 Å². The molecule has 0 aliphatic rings. The van der Waals surface area contributed by atoms with Crippen molar-refractivity contribution in [2.24, 2.45) is 0 Å². The molecule has 100 valence electrons. The number of fused-ring (bicyclic) bond motifs is 1. The number of hydrogen-bond donors (Lipinski definition) is 0. The second-order valence-corrected chi connectivity index (χ2v) is 4.70. The van der Waals surface area contributed by atoms with Crippen LogP contribution < -0.4 is 4.74 Å². The third kappa shape index (κ3) is 2.52. The van der Waals surface area contributed by atoms with Gasteiger partial charge in [0.1, 0.15) is 5.52 Å². The zero-order valence-corrected chi connectivity index (χ0v) is 11.7. The lowest BCUT2D eigenvalue weighted by molar-refractivity contribution is 0.172. The molecule has 0 radical (unpaired) electrons. The Morgan fingerprint density at radius 2 is 2.16 bits per heavy atom. The van der Waals surface area contributed by atoms with Crippen molar-refractivity contribution in [3.63, 3.8) is 0 Å². The molecule has 0 aliphatic carbocycles. The van der Waals surface area contributed by atoms with Crippen LogP contribution in [0.4, 0.5) is 4.79 Å². The minimum atomic E-state index is -0.390. The monoisotopic (exact) mass is 258 g/mol. The number of nitrogens with zero attached hydrogens (tertiary/aromatic N) is 2. The van der Waals surface area contributed by atoms with Crippen LogP contribution in [-0.4, -0.2) is 30.1 Å². The summed E-state index contributed by atoms with van der Waals surface area (Å²) in [7, 11) is 3.32. The van der Waals surface area contributed by atoms with E-state index in [2.05, 4.69) is 18.0 Å². The summed E-state index contributed by atoms with van der Waals surface area (Å²) in [4.78, 5) is 17.5. The number of pyridine rings is 1. The maximum Gasteiger partial charge on any atom is 0.414 e. The molecule has 0 unspecified atom stereocenters. The highest BCUT2D eigenvalue weighted by molar-refractivity contribution is 5.90. The minimum absolute atomic E-state index is 0.390. The summed E-state index contributed by atoms with van der Waals surface area (Å²) < 4.78 is 5.44. The smallest absolute Gasteiger partial charge is 0.408 e. The number of amides is 1. The summed E-state index contributed by atoms with van der Waals surface area (Å²) in [5, 5.41) is 1.04. The van der Waals surface area contributed by atoms with Gasteiger partial charge in [0, 0.05) is 25.7 Å². The normalized spacial score (nSPS) is 10.5. The number of hydrogen-bond acceptors (Lipinski definition) is 3. The van der Waals surface area contributed by atoms with Crippen molar-refractivity contribution in [1.82, 2.24) is 9.88 Å². The first-order valence-electron chi connectivity index (χ1n) is 6.31. The Hall–Kier alpha value is -2.10. The molecule has 2 rings (SSSR count). The second kappa shape index (κ2) is 5.26. The lowest BCUT2D eigenvalue weighted by Crippen LogP contribution is -2.25. The van der Waals surface area contributed by atoms with Gasteiger partial charge in [0.25, 0.3) is 0 Å². The van der Waals surface area contributed by atoms with E-state index in [-0.39, 0.29) is 6.09 Å². The molecule has 1 aromatic carbocycles. The Morgan fingerprint density at radius 3 is 2.79 bits per heavy atom. The summed E-state index contributed by atoms with van der Waals surface area (Å²) in [6.07, 6.45) is 2.25. The molecule has 0 saturated carbocycles. The van der Waals surface area contributed by atoms with Crippen LogP contribution in [-0.2, 0) is 6.42 Å². The van der Waals surface area contributed by atoms with Crippen LogP contribution in [0.2, 0.25) is 0 Å². The highest BCUT2D eigenvalue weighted by Crippen LogP contribution is 2.31. The van der Waals surface area contributed by atoms with E-state index in [0.29, 0.717) is 5.75 Å². The molecular formula is C15H18N2O2. The molecule has 2 aromatic rings. The van der Waals surface area contributed by atoms with E-state index >= 15 is 0 Å². The molecule has 0 bridgehead atoms. The number of rotatable bonds is 2. The van der Waals surface area contributed by atoms with Gasteiger partial charge in [0.05, 0.1) is 0 Å². The maximum absolute atomic E-state index is 11.7. The zero-order chi connectivity index (χ0) is 14.0. The highest BCUT2D eigenvalue weighted by atomic mass is 16.6. The van der Waals surface area contributed by atoms with E-state index in [4.69, 9.17) is 4.74 Å². The molecule has 0 saturated heterocycles. The van der Waals surface area contributed by atoms with E-state index in [9.17, 15) is 4.79 Å². The van der Waals surface area contributed by atoms with Crippen LogP contribution in [0.1, 0.15) is 18.1 Å². The Morgan fingerprint density at radius 1 is 1.42 bits per heavy atom. The summed E-state index contributed by atoms with van der Waals surface area (Å²) >= 11 is 0. The van der Waals surface area contributed by atoms with E-state index < -0.39 is 0 Å². The standard InChI is InChI=1S/C15H18N2O2/c1-5-11-9-10(2)14(19-15(18)17(3)4)13-12(11)7-6-8-16-13/h6-9H,5H2,1-4H3. The van der Waals surface area contributed by atoms with Gasteiger partial charge >= 0.3 is 6.09 Å². The minimum Gasteiger partial charge on any atom is -0.408 e. The van der Waals surface area contributed by atoms with E-state index in [1.54, 1.807) is 20.3 Å². The Kier molecular flexibility index (Phi) is 3.69. The SMILES string of the molecule is CCc1cc(C)c(OC(=O)N(C)C)c2ncccc12. The summed E-state index contributed by atoms with van der Waals surface area (Å²) in [5.74, 6) is 0.548. The van der Waals surface area contributed by atoms with Gasteiger partial charge in [-0.05, 0) is 30.5 Å². The van der Waals surface area contributed by atoms with Gasteiger partial charge in [-0.3, -0.25) is 4.98 Å². The molecule has 0 aliphatic heterocycles. The molecule has 19 heavy (non-hydrogen) atoms. The molecule has 0 N–H and O–H groups in total. The van der Waals surface area contributed by atoms with E-state index in [1.165, 1.54) is 10.5 Å². The van der Waals surface area contributed by atoms with Gasteiger partial charge in [-0.15, -0.1) is 0 Å². The second-order valence-electron chi connectivity index (χ2n) is 4.70. The van der Waals surface area contributed by atoms with Crippen LogP contribution in [0.5, 0.6) is 5.75 Å². The summed E-state index contributed by atoms with van der Waals surface area (Å²) in [6, 6.07) is 5.96. The lowest BCUT2D eigenvalue weighted by Gasteiger charge is -2.15. The summed E-state index contributed by atoms with van der Waals surface area (Å²) in [5.41, 5.74) is 2.89. The predicted octanol–water partition coefficient (Wildman–Crippen LogP) is 3.17. The van der Waals surface area contributed by atoms with Crippen molar-refractivity contribution in [3.05, 3.63) is 35.5 Å². The summed E-state index contributed by atoms with van der Waals surface area (Å²) in [6.45, 7) is 4.04. The third-order valence-corrected chi connectivity index (χ3v) is 3.05. The number of benzene rings is 1. The first kappa shape index (κ1) is 13.3. The van der Waals surface area contributed by atoms with E-state index in [1.807, 2.05) is 19.1 Å². The Balaban J connectivity index is 2.61. The molecule has 4 nitrogen and oxygen atoms in total. The molecule has 1 amide bonds. The molecular weight excluding hydrogens is 240 g/mol. The van der Waals surface area contributed by atoms with Gasteiger partial charge in [-0.1, -0.05) is 19.1 Å². The molecule has 1 aromatic heterocycles. The van der Waals surface area contributed by atoms with Crippen LogP contribution >= 0.6 is 0 Å². The van der Waals surface area contributed by atoms with E-state index in [0.717, 1.165) is 22.9 Å². The van der Waals surface area contributed by atoms with Crippen LogP contribution in [0.25, 0.3) is 10.9 Å². The van der Waals surface area contributed by atoms with Crippen molar-refractivity contribution in [2.75, 3.05) is 14.1 Å². The van der Waals surface area contributed by atoms with Crippen molar-refractivity contribution in [3.8, 4) is 5.75 Å². The Labute approximate surface area is 113 Å². The van der Waals surface area contributed by atoms with Crippen molar-refractivity contribution in [1.29, 1.82) is 0 Å². The van der Waals surface area contributed by atoms with Gasteiger partial charge in [-0.25, -0.2) is 4.79 Å². The van der Waals surface area contributed by atoms with Crippen LogP contribution in [0, 0.1) is 6.92 Å². The molecule has 1 heterocycles. The molecule has 0 spiro atoms. The molecule has 4 heteroatoms. The Bertz CT molecular complexity index is 621. The maximum atomic E-state index is 11.7. The number of ether oxygens (including phenoxy) is 1. The molecule has 0 fully saturated rings. The van der Waals surface area contributed by atoms with Gasteiger partial charge in [0.15, 0.2) is 5.75 Å². The first-order chi connectivity index (χ1) is 9.04. The molecule has 0 atom stereocenters. The van der Waals surface area contributed by atoms with Gasteiger partial charge in [0.2, 0.25) is 0 Å². The first-order valence-corrected chi connectivity index (χ1v) is 6.31. The van der Waals surface area contributed by atoms with Crippen LogP contribution in [0.3, 0.4) is 0 Å². The van der Waals surface area contributed by atoms with Gasteiger partial charge < -0.3 is 9.64 Å². The number of aryl methyl sites for hydroxylation is 2. The fourth-order valence-corrected chi connectivity index (χ4v) is 2.04. The lowest BCUT2D eigenvalue weighted by atomic mass is 10.0. The fraction of sp³-hybridized carbons (Fsp3) is 0.333. The topological polar surface area (TPSA) is 42.4 Å². The average molecular weight is 258 g/mol. The number of carbonyl (C=O) groups excluding carboxylic acids is 1. The third-order valence-electron chi connectivity index (χ3n) is 3.05. The number of carbonyl (C=O) groups is 1. The van der Waals surface area contributed by atoms with Crippen LogP contribution in [0.15, 0.2) is 24.4 Å². The fourth-order valence-electron chi connectivity index (χ4n) is 2.04. The average Bonchev–Trinajstić information content (AvgIpc) is 2.41. The van der Waals surface area contributed by atoms with Crippen molar-refractivity contribution in [2.45, 2.75) is 20.3 Å². The largest absolute Gasteiger partial charge is 0.414 e. The predicted molar refractivity (Wildman–Crippen MR) is 75.6 cm³/mol.